The first kappa shape index (κ1) is 13.6. The van der Waals surface area contributed by atoms with Crippen molar-refractivity contribution in [2.24, 2.45) is 0 Å². The van der Waals surface area contributed by atoms with Crippen LogP contribution in [0.5, 0.6) is 0 Å². The number of carbonyl (C=O) groups excluding carboxylic acids is 1. The maximum absolute atomic E-state index is 13.2. The molecule has 3 aromatic rings. The van der Waals surface area contributed by atoms with E-state index in [1.807, 2.05) is 12.1 Å². The molecule has 106 valence electrons. The van der Waals surface area contributed by atoms with Gasteiger partial charge in [-0.05, 0) is 46.3 Å². The Kier molecular flexibility index (Phi) is 3.39. The zero-order valence-electron chi connectivity index (χ0n) is 10.8. The maximum Gasteiger partial charge on any atom is 0.272 e. The molecule has 0 spiro atoms. The lowest BCUT2D eigenvalue weighted by Crippen LogP contribution is -2.12. The van der Waals surface area contributed by atoms with Crippen LogP contribution in [-0.4, -0.2) is 10.9 Å². The lowest BCUT2D eigenvalue weighted by atomic mass is 10.2. The van der Waals surface area contributed by atoms with Crippen molar-refractivity contribution >= 4 is 44.1 Å². The van der Waals surface area contributed by atoms with Gasteiger partial charge < -0.3 is 16.0 Å². The van der Waals surface area contributed by atoms with E-state index in [0.29, 0.717) is 27.1 Å². The fraction of sp³-hybridized carbons (Fsp3) is 0. The van der Waals surface area contributed by atoms with E-state index in [1.165, 1.54) is 18.2 Å². The highest BCUT2D eigenvalue weighted by Gasteiger charge is 2.12. The molecular formula is C15H11BrFN3O. The first-order chi connectivity index (χ1) is 10.0. The fourth-order valence-electron chi connectivity index (χ4n) is 2.08. The van der Waals surface area contributed by atoms with Crippen LogP contribution >= 0.6 is 15.9 Å². The maximum atomic E-state index is 13.2. The lowest BCUT2D eigenvalue weighted by molar-refractivity contribution is 0.102. The molecule has 2 aromatic carbocycles. The second-order valence-electron chi connectivity index (χ2n) is 4.57. The van der Waals surface area contributed by atoms with Crippen molar-refractivity contribution in [2.45, 2.75) is 0 Å². The summed E-state index contributed by atoms with van der Waals surface area (Å²) in [5.41, 5.74) is 7.85. The van der Waals surface area contributed by atoms with E-state index in [9.17, 15) is 9.18 Å². The molecule has 3 rings (SSSR count). The predicted octanol–water partition coefficient (Wildman–Crippen LogP) is 3.90. The van der Waals surface area contributed by atoms with Gasteiger partial charge >= 0.3 is 0 Å². The third-order valence-electron chi connectivity index (χ3n) is 3.11. The number of para-hydroxylation sites is 1. The first-order valence-corrected chi connectivity index (χ1v) is 6.97. The van der Waals surface area contributed by atoms with Crippen LogP contribution in [0.15, 0.2) is 46.9 Å². The van der Waals surface area contributed by atoms with Crippen LogP contribution in [-0.2, 0) is 0 Å². The van der Waals surface area contributed by atoms with Crippen molar-refractivity contribution in [1.82, 2.24) is 4.98 Å². The molecule has 0 radical (unpaired) electrons. The molecule has 0 atom stereocenters. The Morgan fingerprint density at radius 2 is 2.05 bits per heavy atom. The fourth-order valence-corrected chi connectivity index (χ4v) is 2.43. The number of aromatic amines is 1. The molecule has 0 saturated heterocycles. The summed E-state index contributed by atoms with van der Waals surface area (Å²) < 4.78 is 13.8. The summed E-state index contributed by atoms with van der Waals surface area (Å²) in [6.07, 6.45) is 0. The Bertz CT molecular complexity index is 844. The second kappa shape index (κ2) is 5.21. The number of rotatable bonds is 2. The minimum Gasteiger partial charge on any atom is -0.397 e. The highest BCUT2D eigenvalue weighted by atomic mass is 79.9. The molecule has 6 heteroatoms. The summed E-state index contributed by atoms with van der Waals surface area (Å²) in [4.78, 5) is 15.2. The number of anilines is 2. The molecule has 0 saturated carbocycles. The van der Waals surface area contributed by atoms with Crippen LogP contribution in [0.25, 0.3) is 10.9 Å². The highest BCUT2D eigenvalue weighted by Crippen LogP contribution is 2.25. The van der Waals surface area contributed by atoms with E-state index >= 15 is 0 Å². The van der Waals surface area contributed by atoms with Crippen molar-refractivity contribution in [2.75, 3.05) is 11.1 Å². The van der Waals surface area contributed by atoms with Crippen molar-refractivity contribution in [3.05, 3.63) is 58.4 Å². The zero-order chi connectivity index (χ0) is 15.0. The van der Waals surface area contributed by atoms with E-state index in [0.717, 1.165) is 5.39 Å². The molecule has 0 aliphatic heterocycles. The van der Waals surface area contributed by atoms with Gasteiger partial charge in [0.25, 0.3) is 5.91 Å². The van der Waals surface area contributed by atoms with Gasteiger partial charge in [0.05, 0.1) is 16.9 Å². The summed E-state index contributed by atoms with van der Waals surface area (Å²) in [7, 11) is 0. The quantitative estimate of drug-likeness (QED) is 0.615. The Balaban J connectivity index is 1.93. The van der Waals surface area contributed by atoms with Gasteiger partial charge in [0, 0.05) is 9.86 Å². The zero-order valence-corrected chi connectivity index (χ0v) is 12.4. The Hall–Kier alpha value is -2.34. The number of fused-ring (bicyclic) bond motifs is 1. The van der Waals surface area contributed by atoms with Crippen molar-refractivity contribution in [3.63, 3.8) is 0 Å². The number of amides is 1. The number of aromatic nitrogens is 1. The van der Waals surface area contributed by atoms with Crippen LogP contribution in [0.1, 0.15) is 10.5 Å². The minimum atomic E-state index is -0.422. The number of nitrogen functional groups attached to an aromatic ring is 1. The molecule has 0 aliphatic carbocycles. The van der Waals surface area contributed by atoms with Crippen molar-refractivity contribution in [3.8, 4) is 0 Å². The van der Waals surface area contributed by atoms with Gasteiger partial charge in [-0.3, -0.25) is 4.79 Å². The van der Waals surface area contributed by atoms with Gasteiger partial charge in [-0.15, -0.1) is 0 Å². The largest absolute Gasteiger partial charge is 0.397 e. The molecule has 0 unspecified atom stereocenters. The van der Waals surface area contributed by atoms with Crippen molar-refractivity contribution < 1.29 is 9.18 Å². The van der Waals surface area contributed by atoms with Gasteiger partial charge in [-0.2, -0.15) is 0 Å². The molecule has 21 heavy (non-hydrogen) atoms. The Morgan fingerprint density at radius 1 is 1.24 bits per heavy atom. The smallest absolute Gasteiger partial charge is 0.272 e. The SMILES string of the molecule is Nc1cccc2cc(C(=O)Nc3cc(F)ccc3Br)[nH]c12. The van der Waals surface area contributed by atoms with Crippen LogP contribution in [0.4, 0.5) is 15.8 Å². The number of carbonyl (C=O) groups is 1. The first-order valence-electron chi connectivity index (χ1n) is 6.18. The van der Waals surface area contributed by atoms with E-state index in [4.69, 9.17) is 5.73 Å². The van der Waals surface area contributed by atoms with E-state index < -0.39 is 5.82 Å². The van der Waals surface area contributed by atoms with Crippen LogP contribution in [0.3, 0.4) is 0 Å². The molecule has 1 heterocycles. The number of hydrogen-bond donors (Lipinski definition) is 3. The third-order valence-corrected chi connectivity index (χ3v) is 3.80. The van der Waals surface area contributed by atoms with Gasteiger partial charge in [-0.1, -0.05) is 12.1 Å². The molecular weight excluding hydrogens is 337 g/mol. The molecule has 4 N–H and O–H groups in total. The van der Waals surface area contributed by atoms with E-state index in [-0.39, 0.29) is 5.91 Å². The summed E-state index contributed by atoms with van der Waals surface area (Å²) in [6, 6.07) is 11.2. The number of benzene rings is 2. The third kappa shape index (κ3) is 2.62. The average molecular weight is 348 g/mol. The van der Waals surface area contributed by atoms with Crippen molar-refractivity contribution in [1.29, 1.82) is 0 Å². The molecule has 1 amide bonds. The monoisotopic (exact) mass is 347 g/mol. The van der Waals surface area contributed by atoms with Crippen LogP contribution < -0.4 is 11.1 Å². The van der Waals surface area contributed by atoms with Gasteiger partial charge in [0.2, 0.25) is 0 Å². The number of hydrogen-bond acceptors (Lipinski definition) is 2. The Morgan fingerprint density at radius 3 is 2.81 bits per heavy atom. The standard InChI is InChI=1S/C15H11BrFN3O/c16-10-5-4-9(17)7-12(10)20-15(21)13-6-8-2-1-3-11(18)14(8)19-13/h1-7,19H,18H2,(H,20,21). The number of halogens is 2. The van der Waals surface area contributed by atoms with Gasteiger partial charge in [-0.25, -0.2) is 4.39 Å². The predicted molar refractivity (Wildman–Crippen MR) is 84.8 cm³/mol. The summed E-state index contributed by atoms with van der Waals surface area (Å²) >= 11 is 3.27. The number of H-pyrrole nitrogens is 1. The summed E-state index contributed by atoms with van der Waals surface area (Å²) in [5.74, 6) is -0.786. The van der Waals surface area contributed by atoms with Gasteiger partial charge in [0.15, 0.2) is 0 Å². The van der Waals surface area contributed by atoms with E-state index in [1.54, 1.807) is 12.1 Å². The Labute approximate surface area is 128 Å². The molecule has 0 aliphatic rings. The molecule has 4 nitrogen and oxygen atoms in total. The molecule has 0 fully saturated rings. The number of nitrogens with two attached hydrogens (primary N) is 1. The molecule has 0 bridgehead atoms. The minimum absolute atomic E-state index is 0.360. The normalized spacial score (nSPS) is 10.8. The highest BCUT2D eigenvalue weighted by molar-refractivity contribution is 9.10. The van der Waals surface area contributed by atoms with Crippen LogP contribution in [0, 0.1) is 5.82 Å². The molecule has 1 aromatic heterocycles. The average Bonchev–Trinajstić information content (AvgIpc) is 2.88. The van der Waals surface area contributed by atoms with Gasteiger partial charge in [0.1, 0.15) is 11.5 Å². The van der Waals surface area contributed by atoms with E-state index in [2.05, 4.69) is 26.2 Å². The summed E-state index contributed by atoms with van der Waals surface area (Å²) in [5, 5.41) is 3.50. The number of nitrogens with one attached hydrogen (secondary N) is 2. The summed E-state index contributed by atoms with van der Waals surface area (Å²) in [6.45, 7) is 0. The van der Waals surface area contributed by atoms with Crippen LogP contribution in [0.2, 0.25) is 0 Å². The lowest BCUT2D eigenvalue weighted by Gasteiger charge is -2.06. The topological polar surface area (TPSA) is 70.9 Å². The second-order valence-corrected chi connectivity index (χ2v) is 5.43.